The minimum absolute atomic E-state index is 0.102. The number of hydrogen-bond acceptors (Lipinski definition) is 6. The maximum Gasteiger partial charge on any atom is 0.237 e. The van der Waals surface area contributed by atoms with Gasteiger partial charge >= 0.3 is 0 Å². The minimum Gasteiger partial charge on any atom is -0.465 e. The third-order valence-electron chi connectivity index (χ3n) is 5.11. The average Bonchev–Trinajstić information content (AvgIpc) is 3.38. The Bertz CT molecular complexity index is 1010. The molecule has 3 heterocycles. The summed E-state index contributed by atoms with van der Waals surface area (Å²) in [6.45, 7) is 4.03. The second-order valence-corrected chi connectivity index (χ2v) is 8.20. The molecule has 2 amide bonds. The van der Waals surface area contributed by atoms with Crippen LogP contribution in [0.15, 0.2) is 52.4 Å². The second-order valence-electron chi connectivity index (χ2n) is 7.26. The summed E-state index contributed by atoms with van der Waals surface area (Å²) < 4.78 is 5.65. The van der Waals surface area contributed by atoms with Crippen molar-refractivity contribution < 1.29 is 14.0 Å². The Morgan fingerprint density at radius 3 is 2.90 bits per heavy atom. The number of nitrogens with one attached hydrogen (secondary N) is 2. The highest BCUT2D eigenvalue weighted by Crippen LogP contribution is 2.25. The van der Waals surface area contributed by atoms with Gasteiger partial charge in [-0.05, 0) is 19.1 Å². The minimum atomic E-state index is -0.515. The lowest BCUT2D eigenvalue weighted by atomic mass is 10.1. The number of amides is 2. The molecule has 3 aromatic rings. The zero-order valence-electron chi connectivity index (χ0n) is 16.8. The molecule has 1 atom stereocenters. The molecule has 1 unspecified atom stereocenters. The van der Waals surface area contributed by atoms with E-state index >= 15 is 0 Å². The smallest absolute Gasteiger partial charge is 0.237 e. The van der Waals surface area contributed by atoms with Crippen LogP contribution >= 0.6 is 11.3 Å². The van der Waals surface area contributed by atoms with Crippen LogP contribution in [0.25, 0.3) is 11.3 Å². The van der Waals surface area contributed by atoms with E-state index < -0.39 is 6.04 Å². The summed E-state index contributed by atoms with van der Waals surface area (Å²) in [5.41, 5.74) is 3.69. The van der Waals surface area contributed by atoms with E-state index in [1.807, 2.05) is 54.3 Å². The number of hydrogen-bond donors (Lipinski definition) is 2. The molecule has 2 aromatic heterocycles. The fraction of sp³-hybridized carbons (Fsp3) is 0.318. The van der Waals surface area contributed by atoms with Crippen LogP contribution in [0.4, 0.5) is 0 Å². The molecule has 0 radical (unpaired) electrons. The molecule has 1 aliphatic heterocycles. The van der Waals surface area contributed by atoms with E-state index in [0.717, 1.165) is 27.7 Å². The highest BCUT2D eigenvalue weighted by molar-refractivity contribution is 7.10. The van der Waals surface area contributed by atoms with Gasteiger partial charge in [0.1, 0.15) is 11.5 Å². The molecular weight excluding hydrogens is 400 g/mol. The zero-order valence-corrected chi connectivity index (χ0v) is 17.6. The van der Waals surface area contributed by atoms with Crippen molar-refractivity contribution in [3.63, 3.8) is 0 Å². The van der Waals surface area contributed by atoms with E-state index in [9.17, 15) is 9.59 Å². The molecule has 0 bridgehead atoms. The second kappa shape index (κ2) is 9.23. The molecule has 7 nitrogen and oxygen atoms in total. The van der Waals surface area contributed by atoms with Gasteiger partial charge in [-0.15, -0.1) is 11.3 Å². The van der Waals surface area contributed by atoms with Crippen LogP contribution in [0.1, 0.15) is 22.8 Å². The fourth-order valence-electron chi connectivity index (χ4n) is 3.60. The van der Waals surface area contributed by atoms with Crippen molar-refractivity contribution in [2.75, 3.05) is 13.1 Å². The number of nitrogens with zero attached hydrogens (tertiary/aromatic N) is 2. The van der Waals surface area contributed by atoms with Crippen LogP contribution < -0.4 is 10.6 Å². The first-order valence-corrected chi connectivity index (χ1v) is 10.8. The largest absolute Gasteiger partial charge is 0.465 e. The summed E-state index contributed by atoms with van der Waals surface area (Å²) >= 11 is 1.51. The van der Waals surface area contributed by atoms with Crippen LogP contribution in [0.2, 0.25) is 0 Å². The standard InChI is InChI=1S/C22H24N4O3S/c1-15-7-8-17(29-15)13-26-10-9-23-22(28)18(26)11-20(27)24-12-19-21(25-14-30-19)16-5-3-2-4-6-16/h2-8,14,18H,9-13H2,1H3,(H,23,28)(H,24,27). The van der Waals surface area contributed by atoms with Crippen molar-refractivity contribution in [3.05, 3.63) is 64.4 Å². The summed E-state index contributed by atoms with van der Waals surface area (Å²) in [5.74, 6) is 1.34. The number of furan rings is 1. The molecule has 0 saturated carbocycles. The predicted molar refractivity (Wildman–Crippen MR) is 115 cm³/mol. The van der Waals surface area contributed by atoms with Gasteiger partial charge in [-0.3, -0.25) is 14.5 Å². The summed E-state index contributed by atoms with van der Waals surface area (Å²) in [5, 5.41) is 5.81. The third kappa shape index (κ3) is 4.77. The highest BCUT2D eigenvalue weighted by Gasteiger charge is 2.32. The van der Waals surface area contributed by atoms with E-state index in [-0.39, 0.29) is 18.2 Å². The van der Waals surface area contributed by atoms with Gasteiger partial charge in [-0.25, -0.2) is 4.98 Å². The first-order chi connectivity index (χ1) is 14.6. The lowest BCUT2D eigenvalue weighted by Gasteiger charge is -2.34. The van der Waals surface area contributed by atoms with E-state index in [0.29, 0.717) is 26.2 Å². The Labute approximate surface area is 179 Å². The molecule has 1 fully saturated rings. The SMILES string of the molecule is Cc1ccc(CN2CCNC(=O)C2CC(=O)NCc2scnc2-c2ccccc2)o1. The van der Waals surface area contributed by atoms with Gasteiger partial charge < -0.3 is 15.1 Å². The number of aromatic nitrogens is 1. The van der Waals surface area contributed by atoms with Crippen molar-refractivity contribution in [3.8, 4) is 11.3 Å². The van der Waals surface area contributed by atoms with Crippen LogP contribution in [0, 0.1) is 6.92 Å². The number of carbonyl (C=O) groups is 2. The summed E-state index contributed by atoms with van der Waals surface area (Å²) in [6.07, 6.45) is 0.102. The van der Waals surface area contributed by atoms with Crippen LogP contribution in [0.3, 0.4) is 0 Å². The lowest BCUT2D eigenvalue weighted by molar-refractivity contribution is -0.134. The topological polar surface area (TPSA) is 87.5 Å². The van der Waals surface area contributed by atoms with Gasteiger partial charge in [-0.1, -0.05) is 30.3 Å². The van der Waals surface area contributed by atoms with Gasteiger partial charge in [0.15, 0.2) is 0 Å². The summed E-state index contributed by atoms with van der Waals surface area (Å²) in [6, 6.07) is 13.2. The molecule has 1 aromatic carbocycles. The van der Waals surface area contributed by atoms with Crippen molar-refractivity contribution in [2.45, 2.75) is 32.5 Å². The van der Waals surface area contributed by atoms with Gasteiger partial charge in [0, 0.05) is 18.7 Å². The Morgan fingerprint density at radius 1 is 1.30 bits per heavy atom. The number of aryl methyl sites for hydroxylation is 1. The van der Waals surface area contributed by atoms with Gasteiger partial charge in [-0.2, -0.15) is 0 Å². The number of rotatable bonds is 7. The first-order valence-electron chi connectivity index (χ1n) is 9.91. The fourth-order valence-corrected chi connectivity index (χ4v) is 4.32. The van der Waals surface area contributed by atoms with Crippen molar-refractivity contribution >= 4 is 23.2 Å². The highest BCUT2D eigenvalue weighted by atomic mass is 32.1. The van der Waals surface area contributed by atoms with Gasteiger partial charge in [0.05, 0.1) is 41.6 Å². The maximum atomic E-state index is 12.6. The predicted octanol–water partition coefficient (Wildman–Crippen LogP) is 2.72. The summed E-state index contributed by atoms with van der Waals surface area (Å²) in [7, 11) is 0. The molecule has 30 heavy (non-hydrogen) atoms. The summed E-state index contributed by atoms with van der Waals surface area (Å²) in [4.78, 5) is 32.5. The van der Waals surface area contributed by atoms with E-state index in [4.69, 9.17) is 4.42 Å². The van der Waals surface area contributed by atoms with E-state index in [2.05, 4.69) is 15.6 Å². The van der Waals surface area contributed by atoms with Crippen molar-refractivity contribution in [2.24, 2.45) is 0 Å². The van der Waals surface area contributed by atoms with Gasteiger partial charge in [0.25, 0.3) is 0 Å². The first kappa shape index (κ1) is 20.3. The zero-order chi connectivity index (χ0) is 20.9. The average molecular weight is 425 g/mol. The van der Waals surface area contributed by atoms with Gasteiger partial charge in [0.2, 0.25) is 11.8 Å². The van der Waals surface area contributed by atoms with Crippen molar-refractivity contribution in [1.82, 2.24) is 20.5 Å². The molecule has 2 N–H and O–H groups in total. The molecular formula is C22H24N4O3S. The quantitative estimate of drug-likeness (QED) is 0.609. The maximum absolute atomic E-state index is 12.6. The number of carbonyl (C=O) groups excluding carboxylic acids is 2. The molecule has 0 spiro atoms. The third-order valence-corrected chi connectivity index (χ3v) is 5.94. The Hall–Kier alpha value is -2.97. The van der Waals surface area contributed by atoms with Crippen LogP contribution in [-0.2, 0) is 22.7 Å². The number of thiazole rings is 1. The van der Waals surface area contributed by atoms with Crippen molar-refractivity contribution in [1.29, 1.82) is 0 Å². The normalized spacial score (nSPS) is 17.0. The molecule has 1 saturated heterocycles. The van der Waals surface area contributed by atoms with E-state index in [1.54, 1.807) is 5.51 Å². The van der Waals surface area contributed by atoms with E-state index in [1.165, 1.54) is 11.3 Å². The molecule has 4 rings (SSSR count). The lowest BCUT2D eigenvalue weighted by Crippen LogP contribution is -2.56. The Morgan fingerprint density at radius 2 is 2.13 bits per heavy atom. The number of benzene rings is 1. The molecule has 1 aliphatic rings. The molecule has 156 valence electrons. The molecule has 8 heteroatoms. The number of piperazine rings is 1. The van der Waals surface area contributed by atoms with Crippen LogP contribution in [-0.4, -0.2) is 40.8 Å². The monoisotopic (exact) mass is 424 g/mol. The van der Waals surface area contributed by atoms with Crippen LogP contribution in [0.5, 0.6) is 0 Å². The molecule has 0 aliphatic carbocycles. The Balaban J connectivity index is 1.38. The Kier molecular flexibility index (Phi) is 6.25.